The van der Waals surface area contributed by atoms with Crippen molar-refractivity contribution >= 4 is 17.7 Å². The van der Waals surface area contributed by atoms with Crippen molar-refractivity contribution in [3.8, 4) is 0 Å². The molecule has 0 spiro atoms. The van der Waals surface area contributed by atoms with Gasteiger partial charge >= 0.3 is 0 Å². The summed E-state index contributed by atoms with van der Waals surface area (Å²) in [5.41, 5.74) is -0.237. The molecule has 0 saturated carbocycles. The zero-order valence-corrected chi connectivity index (χ0v) is 6.84. The van der Waals surface area contributed by atoms with E-state index in [-0.39, 0.29) is 11.3 Å². The molecule has 1 aromatic rings. The highest BCUT2D eigenvalue weighted by Crippen LogP contribution is 2.13. The third kappa shape index (κ3) is 2.09. The van der Waals surface area contributed by atoms with Crippen LogP contribution >= 0.6 is 0 Å². The number of nitro benzene ring substituents is 1. The molecular formula is C8H4N2O4. The molecule has 6 heteroatoms. The second kappa shape index (κ2) is 4.06. The second-order valence-corrected chi connectivity index (χ2v) is 2.32. The quantitative estimate of drug-likeness (QED) is 0.303. The van der Waals surface area contributed by atoms with E-state index in [0.29, 0.717) is 0 Å². The molecule has 0 aliphatic rings. The Morgan fingerprint density at radius 2 is 2.21 bits per heavy atom. The fourth-order valence-electron chi connectivity index (χ4n) is 0.859. The molecule has 0 N–H and O–H groups in total. The lowest BCUT2D eigenvalue weighted by Crippen LogP contribution is -1.96. The molecule has 1 rings (SSSR count). The number of nitrogens with zero attached hydrogens (tertiary/aromatic N) is 2. The number of carbonyl (C=O) groups is 1. The fourth-order valence-corrected chi connectivity index (χ4v) is 0.859. The molecule has 0 unspecified atom stereocenters. The molecule has 0 heterocycles. The molecule has 0 saturated heterocycles. The van der Waals surface area contributed by atoms with Crippen LogP contribution in [-0.4, -0.2) is 16.9 Å². The van der Waals surface area contributed by atoms with E-state index in [2.05, 4.69) is 4.99 Å². The van der Waals surface area contributed by atoms with Crippen LogP contribution in [0.1, 0.15) is 10.4 Å². The van der Waals surface area contributed by atoms with Gasteiger partial charge in [0.05, 0.1) is 4.92 Å². The van der Waals surface area contributed by atoms with Crippen LogP contribution in [0.15, 0.2) is 29.3 Å². The Balaban J connectivity index is 3.11. The molecule has 0 fully saturated rings. The Bertz CT molecular complexity index is 435. The van der Waals surface area contributed by atoms with Crippen LogP contribution in [0, 0.1) is 10.1 Å². The predicted molar refractivity (Wildman–Crippen MR) is 45.5 cm³/mol. The number of non-ortho nitro benzene ring substituents is 1. The summed E-state index contributed by atoms with van der Waals surface area (Å²) in [6.07, 6.45) is 1.07. The number of benzene rings is 1. The minimum absolute atomic E-state index is 0.0115. The Labute approximate surface area is 78.0 Å². The molecule has 0 aliphatic heterocycles. The Hall–Kier alpha value is -2.33. The van der Waals surface area contributed by atoms with Crippen LogP contribution in [-0.2, 0) is 4.79 Å². The maximum absolute atomic E-state index is 11.0. The summed E-state index contributed by atoms with van der Waals surface area (Å²) in [4.78, 5) is 33.2. The first-order valence-electron chi connectivity index (χ1n) is 3.52. The number of hydrogen-bond acceptors (Lipinski definition) is 4. The normalized spacial score (nSPS) is 8.86. The molecule has 1 aromatic carbocycles. The fraction of sp³-hybridized carbons (Fsp3) is 0. The number of hydrogen-bond donors (Lipinski definition) is 0. The third-order valence-corrected chi connectivity index (χ3v) is 1.45. The molecule has 0 aliphatic carbocycles. The second-order valence-electron chi connectivity index (χ2n) is 2.32. The van der Waals surface area contributed by atoms with Gasteiger partial charge in [0.25, 0.3) is 11.6 Å². The third-order valence-electron chi connectivity index (χ3n) is 1.45. The maximum Gasteiger partial charge on any atom is 0.287 e. The van der Waals surface area contributed by atoms with Gasteiger partial charge in [-0.05, 0) is 6.07 Å². The lowest BCUT2D eigenvalue weighted by atomic mass is 10.2. The van der Waals surface area contributed by atoms with Crippen LogP contribution < -0.4 is 0 Å². The largest absolute Gasteiger partial charge is 0.287 e. The van der Waals surface area contributed by atoms with E-state index in [1.165, 1.54) is 18.2 Å². The number of isocyanates is 1. The van der Waals surface area contributed by atoms with E-state index < -0.39 is 10.8 Å². The maximum atomic E-state index is 11.0. The van der Waals surface area contributed by atoms with Crippen LogP contribution in [0.5, 0.6) is 0 Å². The summed E-state index contributed by atoms with van der Waals surface area (Å²) in [6.45, 7) is 0. The van der Waals surface area contributed by atoms with Gasteiger partial charge in [-0.1, -0.05) is 6.07 Å². The SMILES string of the molecule is O=C=NC(=O)c1cccc([N+](=O)[O-])c1. The van der Waals surface area contributed by atoms with Crippen LogP contribution in [0.2, 0.25) is 0 Å². The molecule has 0 aromatic heterocycles. The first-order chi connectivity index (χ1) is 6.65. The number of nitro groups is 1. The molecule has 6 nitrogen and oxygen atoms in total. The van der Waals surface area contributed by atoms with Crippen molar-refractivity contribution < 1.29 is 14.5 Å². The number of carbonyl (C=O) groups excluding carboxylic acids is 2. The van der Waals surface area contributed by atoms with Gasteiger partial charge in [0.1, 0.15) is 0 Å². The topological polar surface area (TPSA) is 89.6 Å². The van der Waals surface area contributed by atoms with E-state index in [0.717, 1.165) is 12.1 Å². The van der Waals surface area contributed by atoms with Gasteiger partial charge in [0, 0.05) is 17.7 Å². The van der Waals surface area contributed by atoms with Crippen molar-refractivity contribution in [1.29, 1.82) is 0 Å². The standard InChI is InChI=1S/C8H4N2O4/c11-5-9-8(12)6-2-1-3-7(4-6)10(13)14/h1-4H. The van der Waals surface area contributed by atoms with Crippen LogP contribution in [0.4, 0.5) is 5.69 Å². The van der Waals surface area contributed by atoms with Gasteiger partial charge in [0.2, 0.25) is 6.08 Å². The highest BCUT2D eigenvalue weighted by molar-refractivity contribution is 5.97. The molecule has 0 radical (unpaired) electrons. The summed E-state index contributed by atoms with van der Waals surface area (Å²) in [6, 6.07) is 4.95. The van der Waals surface area contributed by atoms with Gasteiger partial charge in [-0.25, -0.2) is 4.79 Å². The Kier molecular flexibility index (Phi) is 2.83. The molecule has 0 atom stereocenters. The van der Waals surface area contributed by atoms with Crippen LogP contribution in [0.3, 0.4) is 0 Å². The predicted octanol–water partition coefficient (Wildman–Crippen LogP) is 1.07. The van der Waals surface area contributed by atoms with Crippen molar-refractivity contribution in [3.63, 3.8) is 0 Å². The van der Waals surface area contributed by atoms with E-state index >= 15 is 0 Å². The minimum Gasteiger partial charge on any atom is -0.266 e. The van der Waals surface area contributed by atoms with Crippen molar-refractivity contribution in [3.05, 3.63) is 39.9 Å². The molecular weight excluding hydrogens is 188 g/mol. The average Bonchev–Trinajstić information content (AvgIpc) is 2.18. The number of amides is 1. The lowest BCUT2D eigenvalue weighted by Gasteiger charge is -1.93. The average molecular weight is 192 g/mol. The summed E-state index contributed by atoms with van der Waals surface area (Å²) >= 11 is 0. The van der Waals surface area contributed by atoms with Gasteiger partial charge in [-0.3, -0.25) is 14.9 Å². The van der Waals surface area contributed by atoms with Gasteiger partial charge in [-0.15, -0.1) is 4.99 Å². The molecule has 0 bridgehead atoms. The Morgan fingerprint density at radius 1 is 1.50 bits per heavy atom. The summed E-state index contributed by atoms with van der Waals surface area (Å²) in [5.74, 6) is -0.844. The molecule has 70 valence electrons. The first-order valence-corrected chi connectivity index (χ1v) is 3.52. The highest BCUT2D eigenvalue weighted by Gasteiger charge is 2.10. The summed E-state index contributed by atoms with van der Waals surface area (Å²) in [7, 11) is 0. The zero-order valence-electron chi connectivity index (χ0n) is 6.84. The molecule has 14 heavy (non-hydrogen) atoms. The monoisotopic (exact) mass is 192 g/mol. The highest BCUT2D eigenvalue weighted by atomic mass is 16.6. The van der Waals surface area contributed by atoms with E-state index in [9.17, 15) is 19.7 Å². The zero-order chi connectivity index (χ0) is 10.6. The van der Waals surface area contributed by atoms with E-state index in [4.69, 9.17) is 0 Å². The first kappa shape index (κ1) is 9.76. The van der Waals surface area contributed by atoms with Crippen molar-refractivity contribution in [2.24, 2.45) is 4.99 Å². The van der Waals surface area contributed by atoms with Crippen molar-refractivity contribution in [2.75, 3.05) is 0 Å². The Morgan fingerprint density at radius 3 is 2.79 bits per heavy atom. The number of rotatable bonds is 2. The number of aliphatic imine (C=N–C) groups is 1. The van der Waals surface area contributed by atoms with Gasteiger partial charge < -0.3 is 0 Å². The summed E-state index contributed by atoms with van der Waals surface area (Å²) in [5, 5.41) is 10.3. The van der Waals surface area contributed by atoms with Gasteiger partial charge in [0.15, 0.2) is 0 Å². The van der Waals surface area contributed by atoms with E-state index in [1.54, 1.807) is 0 Å². The lowest BCUT2D eigenvalue weighted by molar-refractivity contribution is -0.384. The minimum atomic E-state index is -0.844. The van der Waals surface area contributed by atoms with Crippen molar-refractivity contribution in [1.82, 2.24) is 0 Å². The molecule has 1 amide bonds. The smallest absolute Gasteiger partial charge is 0.266 e. The summed E-state index contributed by atoms with van der Waals surface area (Å²) < 4.78 is 0. The van der Waals surface area contributed by atoms with Crippen molar-refractivity contribution in [2.45, 2.75) is 0 Å². The van der Waals surface area contributed by atoms with E-state index in [1.807, 2.05) is 0 Å². The van der Waals surface area contributed by atoms with Gasteiger partial charge in [-0.2, -0.15) is 0 Å². The van der Waals surface area contributed by atoms with Crippen LogP contribution in [0.25, 0.3) is 0 Å².